The minimum absolute atomic E-state index is 0.0384. The first-order valence-corrected chi connectivity index (χ1v) is 8.33. The summed E-state index contributed by atoms with van der Waals surface area (Å²) in [6.07, 6.45) is 0.966. The highest BCUT2D eigenvalue weighted by Gasteiger charge is 2.34. The number of anilines is 1. The molecule has 20 heavy (non-hydrogen) atoms. The first-order chi connectivity index (χ1) is 9.44. The van der Waals surface area contributed by atoms with Crippen LogP contribution < -0.4 is 10.6 Å². The average molecular weight is 298 g/mol. The van der Waals surface area contributed by atoms with Crippen molar-refractivity contribution in [1.29, 1.82) is 0 Å². The van der Waals surface area contributed by atoms with Crippen molar-refractivity contribution >= 4 is 21.4 Å². The first kappa shape index (κ1) is 13.5. The molecule has 1 atom stereocenters. The molecule has 1 fully saturated rings. The highest BCUT2D eigenvalue weighted by Crippen LogP contribution is 2.32. The highest BCUT2D eigenvalue weighted by molar-refractivity contribution is 7.91. The van der Waals surface area contributed by atoms with Crippen LogP contribution in [0.2, 0.25) is 0 Å². The molecule has 0 saturated carbocycles. The molecule has 1 saturated heterocycles. The Morgan fingerprint density at radius 2 is 1.95 bits per heavy atom. The van der Waals surface area contributed by atoms with Crippen LogP contribution >= 0.6 is 0 Å². The molecule has 7 heteroatoms. The molecule has 2 heterocycles. The number of carbonyl (C=O) groups excluding carboxylic acids is 1. The molecule has 5 nitrogen and oxygen atoms in total. The summed E-state index contributed by atoms with van der Waals surface area (Å²) in [5, 5.41) is 5.84. The summed E-state index contributed by atoms with van der Waals surface area (Å²) in [5.74, 6) is -0.346. The third-order valence-corrected chi connectivity index (χ3v) is 5.52. The zero-order valence-corrected chi connectivity index (χ0v) is 11.5. The van der Waals surface area contributed by atoms with Crippen molar-refractivity contribution in [2.24, 2.45) is 0 Å². The van der Waals surface area contributed by atoms with Gasteiger partial charge in [-0.1, -0.05) is 0 Å². The van der Waals surface area contributed by atoms with Gasteiger partial charge in [-0.05, 0) is 31.0 Å². The lowest BCUT2D eigenvalue weighted by atomic mass is 10.0. The fourth-order valence-corrected chi connectivity index (χ4v) is 4.18. The van der Waals surface area contributed by atoms with E-state index in [1.165, 1.54) is 18.2 Å². The number of sulfone groups is 1. The van der Waals surface area contributed by atoms with Gasteiger partial charge in [0, 0.05) is 17.3 Å². The summed E-state index contributed by atoms with van der Waals surface area (Å²) in [7, 11) is -2.93. The Balaban J connectivity index is 1.76. The zero-order valence-electron chi connectivity index (χ0n) is 10.7. The third kappa shape index (κ3) is 2.55. The predicted octanol–water partition coefficient (Wildman–Crippen LogP) is 0.986. The van der Waals surface area contributed by atoms with Crippen LogP contribution in [0.4, 0.5) is 10.1 Å². The summed E-state index contributed by atoms with van der Waals surface area (Å²) in [6, 6.07) is 3.53. The zero-order chi connectivity index (χ0) is 14.3. The molecular formula is C13H15FN2O3S. The van der Waals surface area contributed by atoms with Crippen molar-refractivity contribution in [3.63, 3.8) is 0 Å². The van der Waals surface area contributed by atoms with Crippen LogP contribution in [0.15, 0.2) is 18.2 Å². The van der Waals surface area contributed by atoms with Gasteiger partial charge in [-0.3, -0.25) is 10.1 Å². The average Bonchev–Trinajstić information content (AvgIpc) is 2.68. The molecule has 0 radical (unpaired) electrons. The number of amides is 1. The quantitative estimate of drug-likeness (QED) is 0.853. The minimum atomic E-state index is -2.93. The van der Waals surface area contributed by atoms with Gasteiger partial charge in [0.15, 0.2) is 0 Å². The van der Waals surface area contributed by atoms with E-state index in [-0.39, 0.29) is 23.5 Å². The van der Waals surface area contributed by atoms with Gasteiger partial charge in [-0.15, -0.1) is 0 Å². The van der Waals surface area contributed by atoms with Crippen LogP contribution in [-0.4, -0.2) is 31.9 Å². The molecule has 2 aliphatic heterocycles. The molecule has 1 amide bonds. The Morgan fingerprint density at radius 1 is 1.25 bits per heavy atom. The molecule has 0 spiro atoms. The summed E-state index contributed by atoms with van der Waals surface area (Å²) in [6.45, 7) is 0. The van der Waals surface area contributed by atoms with Crippen molar-refractivity contribution in [1.82, 2.24) is 5.32 Å². The van der Waals surface area contributed by atoms with Gasteiger partial charge < -0.3 is 5.32 Å². The first-order valence-electron chi connectivity index (χ1n) is 6.51. The van der Waals surface area contributed by atoms with Gasteiger partial charge >= 0.3 is 0 Å². The highest BCUT2D eigenvalue weighted by atomic mass is 32.2. The van der Waals surface area contributed by atoms with Crippen molar-refractivity contribution in [3.8, 4) is 0 Å². The van der Waals surface area contributed by atoms with Crippen molar-refractivity contribution in [3.05, 3.63) is 29.6 Å². The molecule has 1 aromatic carbocycles. The van der Waals surface area contributed by atoms with Crippen LogP contribution in [0.3, 0.4) is 0 Å². The monoisotopic (exact) mass is 298 g/mol. The van der Waals surface area contributed by atoms with Crippen LogP contribution in [0, 0.1) is 5.82 Å². The Hall–Kier alpha value is -1.47. The second kappa shape index (κ2) is 4.82. The number of carbonyl (C=O) groups is 1. The van der Waals surface area contributed by atoms with E-state index >= 15 is 0 Å². The number of hydrogen-bond donors (Lipinski definition) is 2. The standard InChI is InChI=1S/C13H15FN2O3S/c14-8-1-2-11-10(7-8)12(13(17)16-11)15-9-3-5-20(18,19)6-4-9/h1-2,7,9,12,15H,3-6H2,(H,16,17). The molecule has 3 rings (SSSR count). The normalized spacial score (nSPS) is 25.2. The van der Waals surface area contributed by atoms with Crippen LogP contribution in [0.25, 0.3) is 0 Å². The van der Waals surface area contributed by atoms with Crippen molar-refractivity contribution in [2.45, 2.75) is 24.9 Å². The Bertz CT molecular complexity index is 646. The number of hydrogen-bond acceptors (Lipinski definition) is 4. The Labute approximate surface area is 116 Å². The van der Waals surface area contributed by atoms with Gasteiger partial charge in [0.05, 0.1) is 11.5 Å². The summed E-state index contributed by atoms with van der Waals surface area (Å²) in [5.41, 5.74) is 1.20. The lowest BCUT2D eigenvalue weighted by Gasteiger charge is -2.25. The molecule has 2 N–H and O–H groups in total. The van der Waals surface area contributed by atoms with Crippen LogP contribution in [0.1, 0.15) is 24.4 Å². The van der Waals surface area contributed by atoms with Gasteiger partial charge in [-0.25, -0.2) is 12.8 Å². The number of fused-ring (bicyclic) bond motifs is 1. The maximum atomic E-state index is 13.3. The largest absolute Gasteiger partial charge is 0.324 e. The summed E-state index contributed by atoms with van der Waals surface area (Å²) >= 11 is 0. The van der Waals surface area contributed by atoms with E-state index in [1.54, 1.807) is 0 Å². The lowest BCUT2D eigenvalue weighted by Crippen LogP contribution is -2.41. The van der Waals surface area contributed by atoms with E-state index in [4.69, 9.17) is 0 Å². The van der Waals surface area contributed by atoms with E-state index in [2.05, 4.69) is 10.6 Å². The SMILES string of the molecule is O=C1Nc2ccc(F)cc2C1NC1CCS(=O)(=O)CC1. The Morgan fingerprint density at radius 3 is 2.65 bits per heavy atom. The fraction of sp³-hybridized carbons (Fsp3) is 0.462. The van der Waals surface area contributed by atoms with Gasteiger partial charge in [-0.2, -0.15) is 0 Å². The second-order valence-corrected chi connectivity index (χ2v) is 7.55. The Kier molecular flexibility index (Phi) is 3.25. The molecule has 1 unspecified atom stereocenters. The maximum Gasteiger partial charge on any atom is 0.246 e. The third-order valence-electron chi connectivity index (χ3n) is 3.80. The smallest absolute Gasteiger partial charge is 0.246 e. The van der Waals surface area contributed by atoms with Gasteiger partial charge in [0.2, 0.25) is 5.91 Å². The molecule has 1 aromatic rings. The molecule has 108 valence electrons. The van der Waals surface area contributed by atoms with Gasteiger partial charge in [0.25, 0.3) is 0 Å². The van der Waals surface area contributed by atoms with Crippen LogP contribution in [-0.2, 0) is 14.6 Å². The summed E-state index contributed by atoms with van der Waals surface area (Å²) in [4.78, 5) is 11.9. The predicted molar refractivity (Wildman–Crippen MR) is 72.6 cm³/mol. The van der Waals surface area contributed by atoms with Crippen molar-refractivity contribution < 1.29 is 17.6 Å². The fourth-order valence-electron chi connectivity index (χ4n) is 2.69. The van der Waals surface area contributed by atoms with E-state index in [1.807, 2.05) is 0 Å². The topological polar surface area (TPSA) is 75.3 Å². The molecule has 0 aliphatic carbocycles. The summed E-state index contributed by atoms with van der Waals surface area (Å²) < 4.78 is 36.1. The molecule has 0 aromatic heterocycles. The van der Waals surface area contributed by atoms with Crippen LogP contribution in [0.5, 0.6) is 0 Å². The number of halogens is 1. The van der Waals surface area contributed by atoms with E-state index in [0.29, 0.717) is 24.1 Å². The van der Waals surface area contributed by atoms with E-state index < -0.39 is 21.7 Å². The second-order valence-electron chi connectivity index (χ2n) is 5.25. The number of benzene rings is 1. The van der Waals surface area contributed by atoms with E-state index in [9.17, 15) is 17.6 Å². The number of rotatable bonds is 2. The van der Waals surface area contributed by atoms with E-state index in [0.717, 1.165) is 0 Å². The maximum absolute atomic E-state index is 13.3. The molecule has 2 aliphatic rings. The lowest BCUT2D eigenvalue weighted by molar-refractivity contribution is -0.117. The van der Waals surface area contributed by atoms with Crippen molar-refractivity contribution in [2.75, 3.05) is 16.8 Å². The number of nitrogens with one attached hydrogen (secondary N) is 2. The van der Waals surface area contributed by atoms with Gasteiger partial charge in [0.1, 0.15) is 21.7 Å². The molecular weight excluding hydrogens is 283 g/mol. The molecule has 0 bridgehead atoms. The minimum Gasteiger partial charge on any atom is -0.324 e.